The first-order valence-corrected chi connectivity index (χ1v) is 11.3. The molecule has 148 valence electrons. The molecule has 1 aromatic heterocycles. The van der Waals surface area contributed by atoms with Crippen molar-refractivity contribution in [2.45, 2.75) is 67.9 Å². The maximum Gasteiger partial charge on any atom is 0.277 e. The molecule has 6 rings (SSSR count). The minimum Gasteiger partial charge on any atom is -0.416 e. The number of aromatic nitrogens is 2. The van der Waals surface area contributed by atoms with Crippen LogP contribution in [0.5, 0.6) is 0 Å². The number of amides is 1. The molecule has 1 heterocycles. The van der Waals surface area contributed by atoms with Gasteiger partial charge in [-0.15, -0.1) is 10.2 Å². The lowest BCUT2D eigenvalue weighted by molar-refractivity contribution is -0.126. The molecule has 0 unspecified atom stereocenters. The number of benzene rings is 1. The highest BCUT2D eigenvalue weighted by Gasteiger charge is 2.51. The van der Waals surface area contributed by atoms with Gasteiger partial charge in [0.2, 0.25) is 11.8 Å². The van der Waals surface area contributed by atoms with Gasteiger partial charge in [0.15, 0.2) is 0 Å². The van der Waals surface area contributed by atoms with E-state index in [4.69, 9.17) is 4.42 Å². The quantitative estimate of drug-likeness (QED) is 0.739. The molecule has 4 aliphatic rings. The molecule has 0 saturated heterocycles. The summed E-state index contributed by atoms with van der Waals surface area (Å²) in [5.41, 5.74) is 1.18. The summed E-state index contributed by atoms with van der Waals surface area (Å²) in [4.78, 5) is 12.9. The molecule has 4 fully saturated rings. The van der Waals surface area contributed by atoms with E-state index in [9.17, 15) is 4.79 Å². The van der Waals surface area contributed by atoms with Crippen molar-refractivity contribution in [3.63, 3.8) is 0 Å². The molecule has 0 spiro atoms. The number of hydrogen-bond acceptors (Lipinski definition) is 5. The molecule has 1 atom stereocenters. The van der Waals surface area contributed by atoms with Gasteiger partial charge in [-0.05, 0) is 68.8 Å². The maximum absolute atomic E-state index is 12.9. The second-order valence-electron chi connectivity index (χ2n) is 9.07. The average Bonchev–Trinajstić information content (AvgIpc) is 3.07. The van der Waals surface area contributed by atoms with Crippen molar-refractivity contribution < 1.29 is 9.21 Å². The molecule has 1 aromatic carbocycles. The predicted molar refractivity (Wildman–Crippen MR) is 108 cm³/mol. The number of nitrogens with one attached hydrogen (secondary N) is 1. The third kappa shape index (κ3) is 3.71. The molecule has 1 N–H and O–H groups in total. The van der Waals surface area contributed by atoms with Gasteiger partial charge in [0.1, 0.15) is 0 Å². The monoisotopic (exact) mass is 397 g/mol. The Morgan fingerprint density at radius 1 is 1.14 bits per heavy atom. The molecule has 4 saturated carbocycles. The number of carbonyl (C=O) groups excluding carboxylic acids is 1. The van der Waals surface area contributed by atoms with E-state index in [1.54, 1.807) is 0 Å². The number of nitrogens with zero attached hydrogens (tertiary/aromatic N) is 2. The second kappa shape index (κ2) is 7.21. The number of rotatable bonds is 6. The molecule has 0 aliphatic heterocycles. The first-order valence-electron chi connectivity index (χ1n) is 10.4. The maximum atomic E-state index is 12.9. The predicted octanol–water partition coefficient (Wildman–Crippen LogP) is 4.23. The number of carbonyl (C=O) groups is 1. The summed E-state index contributed by atoms with van der Waals surface area (Å²) in [6.45, 7) is 1.93. The van der Waals surface area contributed by atoms with Crippen LogP contribution in [0.3, 0.4) is 0 Å². The van der Waals surface area contributed by atoms with Crippen molar-refractivity contribution in [1.29, 1.82) is 0 Å². The Morgan fingerprint density at radius 3 is 2.43 bits per heavy atom. The smallest absolute Gasteiger partial charge is 0.277 e. The summed E-state index contributed by atoms with van der Waals surface area (Å²) in [6.07, 6.45) is 8.27. The number of hydrogen-bond donors (Lipinski definition) is 1. The molecule has 2 aromatic rings. The first-order chi connectivity index (χ1) is 13.6. The molecule has 4 bridgehead atoms. The van der Waals surface area contributed by atoms with E-state index >= 15 is 0 Å². The third-order valence-corrected chi connectivity index (χ3v) is 7.65. The lowest BCUT2D eigenvalue weighted by Gasteiger charge is -2.57. The lowest BCUT2D eigenvalue weighted by atomic mass is 9.53. The standard InChI is InChI=1S/C22H27N3O2S/c1-14(28-21-25-24-19(27-21)10-15-5-3-2-4-6-15)20(26)23-22-11-16-7-17(12-22)9-18(8-16)13-22/h2-6,14,16-18H,7-13H2,1H3,(H,23,26)/t14-,16?,17?,18?,22?/m0/s1. The fraction of sp³-hybridized carbons (Fsp3) is 0.591. The van der Waals surface area contributed by atoms with Gasteiger partial charge in [-0.1, -0.05) is 42.1 Å². The fourth-order valence-corrected chi connectivity index (χ4v) is 6.66. The Balaban J connectivity index is 1.19. The van der Waals surface area contributed by atoms with Gasteiger partial charge in [-0.25, -0.2) is 0 Å². The van der Waals surface area contributed by atoms with Gasteiger partial charge in [0.25, 0.3) is 5.22 Å². The topological polar surface area (TPSA) is 68.0 Å². The summed E-state index contributed by atoms with van der Waals surface area (Å²) in [5, 5.41) is 11.9. The minimum atomic E-state index is -0.238. The third-order valence-electron chi connectivity index (χ3n) is 6.72. The minimum absolute atomic E-state index is 0.0496. The molecular weight excluding hydrogens is 370 g/mol. The van der Waals surface area contributed by atoms with Crippen LogP contribution in [0.4, 0.5) is 0 Å². The number of thioether (sulfide) groups is 1. The van der Waals surface area contributed by atoms with Gasteiger partial charge >= 0.3 is 0 Å². The molecule has 6 heteroatoms. The van der Waals surface area contributed by atoms with Gasteiger partial charge in [-0.3, -0.25) is 4.79 Å². The summed E-state index contributed by atoms with van der Waals surface area (Å²) in [5.74, 6) is 3.17. The lowest BCUT2D eigenvalue weighted by Crippen LogP contribution is -2.60. The van der Waals surface area contributed by atoms with Crippen molar-refractivity contribution in [3.8, 4) is 0 Å². The van der Waals surface area contributed by atoms with E-state index in [1.165, 1.54) is 50.3 Å². The van der Waals surface area contributed by atoms with E-state index in [1.807, 2.05) is 37.3 Å². The Kier molecular flexibility index (Phi) is 4.69. The SMILES string of the molecule is C[C@H](Sc1nnc(Cc2ccccc2)o1)C(=O)NC12CC3CC(CC(C3)C1)C2. The highest BCUT2D eigenvalue weighted by molar-refractivity contribution is 8.00. The van der Waals surface area contributed by atoms with Crippen molar-refractivity contribution >= 4 is 17.7 Å². The Bertz CT molecular complexity index is 815. The first kappa shape index (κ1) is 18.2. The van der Waals surface area contributed by atoms with Gasteiger partial charge in [-0.2, -0.15) is 0 Å². The van der Waals surface area contributed by atoms with Gasteiger partial charge in [0, 0.05) is 5.54 Å². The molecule has 5 nitrogen and oxygen atoms in total. The largest absolute Gasteiger partial charge is 0.416 e. The highest BCUT2D eigenvalue weighted by atomic mass is 32.2. The van der Waals surface area contributed by atoms with Crippen LogP contribution in [0.25, 0.3) is 0 Å². The van der Waals surface area contributed by atoms with Gasteiger partial charge < -0.3 is 9.73 Å². The zero-order chi connectivity index (χ0) is 19.1. The zero-order valence-corrected chi connectivity index (χ0v) is 17.1. The summed E-state index contributed by atoms with van der Waals surface area (Å²) in [7, 11) is 0. The van der Waals surface area contributed by atoms with E-state index in [2.05, 4.69) is 15.5 Å². The van der Waals surface area contributed by atoms with Crippen molar-refractivity contribution in [3.05, 3.63) is 41.8 Å². The average molecular weight is 398 g/mol. The summed E-state index contributed by atoms with van der Waals surface area (Å²) >= 11 is 1.36. The molecule has 28 heavy (non-hydrogen) atoms. The van der Waals surface area contributed by atoms with Crippen LogP contribution in [0, 0.1) is 17.8 Å². The Labute approximate surface area is 170 Å². The molecule has 4 aliphatic carbocycles. The van der Waals surface area contributed by atoms with Crippen LogP contribution in [0.2, 0.25) is 0 Å². The van der Waals surface area contributed by atoms with Crippen molar-refractivity contribution in [2.24, 2.45) is 17.8 Å². The fourth-order valence-electron chi connectivity index (χ4n) is 5.96. The van der Waals surface area contributed by atoms with E-state index in [0.717, 1.165) is 23.3 Å². The molecule has 1 amide bonds. The second-order valence-corrected chi connectivity index (χ2v) is 10.4. The summed E-state index contributed by atoms with van der Waals surface area (Å²) < 4.78 is 5.76. The van der Waals surface area contributed by atoms with E-state index < -0.39 is 0 Å². The van der Waals surface area contributed by atoms with Crippen LogP contribution in [-0.4, -0.2) is 26.9 Å². The molecular formula is C22H27N3O2S. The Morgan fingerprint density at radius 2 is 1.79 bits per heavy atom. The molecule has 0 radical (unpaired) electrons. The van der Waals surface area contributed by atoms with Crippen LogP contribution >= 0.6 is 11.8 Å². The van der Waals surface area contributed by atoms with Crippen LogP contribution in [0.15, 0.2) is 40.0 Å². The van der Waals surface area contributed by atoms with Crippen LogP contribution < -0.4 is 5.32 Å². The van der Waals surface area contributed by atoms with E-state index in [0.29, 0.717) is 17.5 Å². The summed E-state index contributed by atoms with van der Waals surface area (Å²) in [6, 6.07) is 10.1. The van der Waals surface area contributed by atoms with Crippen LogP contribution in [-0.2, 0) is 11.2 Å². The van der Waals surface area contributed by atoms with Crippen molar-refractivity contribution in [2.75, 3.05) is 0 Å². The zero-order valence-electron chi connectivity index (χ0n) is 16.3. The Hall–Kier alpha value is -1.82. The van der Waals surface area contributed by atoms with E-state index in [-0.39, 0.29) is 16.7 Å². The van der Waals surface area contributed by atoms with Crippen molar-refractivity contribution in [1.82, 2.24) is 15.5 Å². The van der Waals surface area contributed by atoms with Crippen LogP contribution in [0.1, 0.15) is 56.9 Å². The van der Waals surface area contributed by atoms with Gasteiger partial charge in [0.05, 0.1) is 11.7 Å². The normalized spacial score (nSPS) is 31.7. The highest BCUT2D eigenvalue weighted by Crippen LogP contribution is 2.55.